The average molecular weight is 210 g/mol. The van der Waals surface area contributed by atoms with E-state index in [2.05, 4.69) is 0 Å². The molecule has 0 bridgehead atoms. The number of rotatable bonds is 0. The van der Waals surface area contributed by atoms with E-state index in [1.54, 1.807) is 0 Å². The van der Waals surface area contributed by atoms with Crippen LogP contribution in [0.15, 0.2) is 0 Å². The normalized spacial score (nSPS) is 10.9. The van der Waals surface area contributed by atoms with E-state index < -0.39 is 20.5 Å². The molecule has 66 valence electrons. The summed E-state index contributed by atoms with van der Waals surface area (Å²) >= 11 is 0. The summed E-state index contributed by atoms with van der Waals surface area (Å²) in [7, 11) is -9.39. The Balaban J connectivity index is -0.000000107. The monoisotopic (exact) mass is 209 g/mol. The van der Waals surface area contributed by atoms with E-state index in [0.717, 1.165) is 0 Å². The molecule has 2 radical (unpaired) electrons. The number of hydrogen-bond acceptors (Lipinski definition) is 8. The first kappa shape index (κ1) is 17.5. The maximum atomic E-state index is 8.60. The molecular weight excluding hydrogens is 208 g/mol. The second kappa shape index (κ2) is 6.00. The fraction of sp³-hybridized carbons (Fsp3) is 0. The van der Waals surface area contributed by atoms with Crippen LogP contribution in [0.1, 0.15) is 0 Å². The molecule has 0 fully saturated rings. The minimum absolute atomic E-state index is 0. The van der Waals surface area contributed by atoms with Crippen molar-refractivity contribution in [2.24, 2.45) is 0 Å². The summed E-state index contributed by atoms with van der Waals surface area (Å²) in [4.78, 5) is 0. The predicted molar refractivity (Wildman–Crippen MR) is 10.2 cm³/mol. The second-order valence-electron chi connectivity index (χ2n) is 0.792. The Kier molecular flexibility index (Phi) is 9.55. The van der Waals surface area contributed by atoms with Gasteiger partial charge in [-0.25, -0.2) is 0 Å². The molecule has 0 aromatic carbocycles. The van der Waals surface area contributed by atoms with Gasteiger partial charge in [-0.2, -0.15) is 28.0 Å². The van der Waals surface area contributed by atoms with Gasteiger partial charge in [0.05, 0.1) is 29.8 Å². The standard InChI is InChI=1S/Be.2ClHO4/c;2*2-1(3,4)5/h;2*(H,2,3,4,5). The molecular formula is H2BeCl2O8. The molecule has 2 N–H and O–H groups in total. The van der Waals surface area contributed by atoms with Crippen LogP contribution in [0.2, 0.25) is 0 Å². The van der Waals surface area contributed by atoms with Crippen LogP contribution in [0.25, 0.3) is 0 Å². The molecule has 0 saturated heterocycles. The molecule has 0 atom stereocenters. The zero-order chi connectivity index (χ0) is 9.00. The molecule has 11 heavy (non-hydrogen) atoms. The fourth-order valence-electron chi connectivity index (χ4n) is 0. The van der Waals surface area contributed by atoms with Gasteiger partial charge in [-0.1, -0.05) is 0 Å². The first-order valence-electron chi connectivity index (χ1n) is 1.26. The minimum Gasteiger partial charge on any atom is -0.183 e. The van der Waals surface area contributed by atoms with Gasteiger partial charge >= 0.3 is 0 Å². The van der Waals surface area contributed by atoms with E-state index in [0.29, 0.717) is 0 Å². The van der Waals surface area contributed by atoms with Gasteiger partial charge in [-0.15, -0.1) is 0 Å². The molecule has 8 nitrogen and oxygen atoms in total. The summed E-state index contributed by atoms with van der Waals surface area (Å²) in [6.07, 6.45) is 0. The molecule has 0 heterocycles. The molecule has 0 amide bonds. The van der Waals surface area contributed by atoms with Gasteiger partial charge in [0.15, 0.2) is 0 Å². The third-order valence-corrected chi connectivity index (χ3v) is 0. The van der Waals surface area contributed by atoms with Crippen LogP contribution >= 0.6 is 0 Å². The van der Waals surface area contributed by atoms with Crippen LogP contribution in [-0.4, -0.2) is 19.4 Å². The van der Waals surface area contributed by atoms with Crippen molar-refractivity contribution in [3.05, 3.63) is 0 Å². The average Bonchev–Trinajstić information content (AvgIpc) is 1.12. The molecule has 0 aliphatic rings. The molecule has 0 aromatic heterocycles. The topological polar surface area (TPSA) is 179 Å². The van der Waals surface area contributed by atoms with Crippen LogP contribution in [0.3, 0.4) is 0 Å². The van der Waals surface area contributed by atoms with Crippen LogP contribution < -0.4 is 28.0 Å². The molecule has 0 saturated carbocycles. The van der Waals surface area contributed by atoms with Crippen molar-refractivity contribution in [2.75, 3.05) is 0 Å². The Morgan fingerprint density at radius 3 is 0.636 bits per heavy atom. The minimum atomic E-state index is -4.69. The fourth-order valence-corrected chi connectivity index (χ4v) is 0. The van der Waals surface area contributed by atoms with Crippen LogP contribution in [-0.2, 0) is 0 Å². The van der Waals surface area contributed by atoms with Gasteiger partial charge in [0.1, 0.15) is 0 Å². The first-order chi connectivity index (χ1) is 4.00. The second-order valence-corrected chi connectivity index (χ2v) is 2.38. The van der Waals surface area contributed by atoms with E-state index in [9.17, 15) is 0 Å². The molecule has 0 unspecified atom stereocenters. The molecule has 0 aliphatic carbocycles. The van der Waals surface area contributed by atoms with Gasteiger partial charge in [-0.05, 0) is 0 Å². The maximum absolute atomic E-state index is 8.60. The van der Waals surface area contributed by atoms with Crippen LogP contribution in [0.5, 0.6) is 0 Å². The zero-order valence-electron chi connectivity index (χ0n) is 4.81. The SMILES string of the molecule is [Be].[O-][Cl+3]([O-])([O-])O.[O-][Cl+3]([O-])([O-])O. The zero-order valence-corrected chi connectivity index (χ0v) is 6.32. The first-order valence-corrected chi connectivity index (χ1v) is 3.79. The van der Waals surface area contributed by atoms with Gasteiger partial charge in [-0.3, -0.25) is 0 Å². The Morgan fingerprint density at radius 1 is 0.636 bits per heavy atom. The van der Waals surface area contributed by atoms with E-state index in [1.807, 2.05) is 0 Å². The van der Waals surface area contributed by atoms with Gasteiger partial charge in [0.25, 0.3) is 0 Å². The molecule has 0 aliphatic heterocycles. The van der Waals surface area contributed by atoms with Crippen molar-refractivity contribution in [3.63, 3.8) is 0 Å². The predicted octanol–water partition coefficient (Wildman–Crippen LogP) is -8.63. The van der Waals surface area contributed by atoms with Gasteiger partial charge in [0, 0.05) is 10.1 Å². The van der Waals surface area contributed by atoms with Crippen molar-refractivity contribution < 1.29 is 57.8 Å². The van der Waals surface area contributed by atoms with Gasteiger partial charge in [0.2, 0.25) is 0 Å². The smallest absolute Gasteiger partial charge is 0.0777 e. The third kappa shape index (κ3) is 4030. The third-order valence-electron chi connectivity index (χ3n) is 0. The van der Waals surface area contributed by atoms with Gasteiger partial charge < -0.3 is 0 Å². The molecule has 0 aromatic rings. The van der Waals surface area contributed by atoms with Crippen LogP contribution in [0, 0.1) is 20.5 Å². The van der Waals surface area contributed by atoms with Crippen molar-refractivity contribution in [3.8, 4) is 0 Å². The van der Waals surface area contributed by atoms with E-state index >= 15 is 0 Å². The molecule has 0 spiro atoms. The van der Waals surface area contributed by atoms with Crippen LogP contribution in [0.4, 0.5) is 0 Å². The maximum Gasteiger partial charge on any atom is 0.0777 e. The quantitative estimate of drug-likeness (QED) is 0.369. The van der Waals surface area contributed by atoms with E-state index in [4.69, 9.17) is 37.3 Å². The number of halogens is 2. The van der Waals surface area contributed by atoms with Crippen molar-refractivity contribution in [1.82, 2.24) is 0 Å². The Morgan fingerprint density at radius 2 is 0.636 bits per heavy atom. The van der Waals surface area contributed by atoms with Crippen molar-refractivity contribution >= 4 is 10.1 Å². The molecule has 0 rings (SSSR count). The summed E-state index contributed by atoms with van der Waals surface area (Å²) in [6, 6.07) is 0. The molecule has 11 heteroatoms. The summed E-state index contributed by atoms with van der Waals surface area (Å²) in [5.41, 5.74) is 0. The van der Waals surface area contributed by atoms with Crippen molar-refractivity contribution in [2.45, 2.75) is 0 Å². The van der Waals surface area contributed by atoms with Crippen molar-refractivity contribution in [1.29, 1.82) is 0 Å². The Bertz CT molecular complexity index is 55.1. The van der Waals surface area contributed by atoms with E-state index in [1.165, 1.54) is 0 Å². The Hall–Kier alpha value is 0.429. The summed E-state index contributed by atoms with van der Waals surface area (Å²) in [5, 5.41) is 0. The summed E-state index contributed by atoms with van der Waals surface area (Å²) in [6.45, 7) is 0. The largest absolute Gasteiger partial charge is 0.183 e. The Labute approximate surface area is 68.6 Å². The summed E-state index contributed by atoms with van der Waals surface area (Å²) in [5.74, 6) is 0. The summed E-state index contributed by atoms with van der Waals surface area (Å²) < 4.78 is 65.4. The van der Waals surface area contributed by atoms with E-state index in [-0.39, 0.29) is 10.1 Å². The number of hydrogen-bond donors (Lipinski definition) is 2.